The number of nitrogens with two attached hydrogens (primary N) is 1. The molecule has 2 rings (SSSR count). The zero-order chi connectivity index (χ0) is 10.1. The standard InChI is InChI=1S/C12H17NO/c1-8(2)10-7-14-11-6-4-3-5-9(11)12(10)13/h3-6,8,10,12H,7,13H2,1-2H3/t10-,12+/m0/s1. The molecule has 0 spiro atoms. The molecule has 76 valence electrons. The third kappa shape index (κ3) is 1.50. The zero-order valence-corrected chi connectivity index (χ0v) is 8.73. The van der Waals surface area contributed by atoms with Crippen molar-refractivity contribution in [3.05, 3.63) is 29.8 Å². The van der Waals surface area contributed by atoms with Crippen LogP contribution in [-0.2, 0) is 0 Å². The van der Waals surface area contributed by atoms with Gasteiger partial charge in [0.05, 0.1) is 6.61 Å². The Morgan fingerprint density at radius 2 is 2.07 bits per heavy atom. The average Bonchev–Trinajstić information content (AvgIpc) is 2.18. The van der Waals surface area contributed by atoms with Crippen LogP contribution in [0.3, 0.4) is 0 Å². The van der Waals surface area contributed by atoms with Gasteiger partial charge in [0.25, 0.3) is 0 Å². The molecular weight excluding hydrogens is 174 g/mol. The molecule has 2 nitrogen and oxygen atoms in total. The smallest absolute Gasteiger partial charge is 0.124 e. The van der Waals surface area contributed by atoms with Crippen LogP contribution >= 0.6 is 0 Å². The predicted molar refractivity (Wildman–Crippen MR) is 57.2 cm³/mol. The third-order valence-electron chi connectivity index (χ3n) is 3.03. The molecule has 0 saturated heterocycles. The van der Waals surface area contributed by atoms with Gasteiger partial charge >= 0.3 is 0 Å². The lowest BCUT2D eigenvalue weighted by Gasteiger charge is -2.33. The van der Waals surface area contributed by atoms with Crippen molar-refractivity contribution in [1.29, 1.82) is 0 Å². The van der Waals surface area contributed by atoms with Gasteiger partial charge < -0.3 is 10.5 Å². The summed E-state index contributed by atoms with van der Waals surface area (Å²) < 4.78 is 5.69. The zero-order valence-electron chi connectivity index (χ0n) is 8.73. The van der Waals surface area contributed by atoms with Gasteiger partial charge in [0, 0.05) is 17.5 Å². The first-order valence-corrected chi connectivity index (χ1v) is 5.17. The number of ether oxygens (including phenoxy) is 1. The van der Waals surface area contributed by atoms with E-state index in [1.54, 1.807) is 0 Å². The Morgan fingerprint density at radius 1 is 1.36 bits per heavy atom. The highest BCUT2D eigenvalue weighted by atomic mass is 16.5. The van der Waals surface area contributed by atoms with E-state index in [1.165, 1.54) is 0 Å². The van der Waals surface area contributed by atoms with Gasteiger partial charge in [-0.3, -0.25) is 0 Å². The molecule has 0 aromatic heterocycles. The molecule has 2 heteroatoms. The van der Waals surface area contributed by atoms with E-state index in [4.69, 9.17) is 10.5 Å². The van der Waals surface area contributed by atoms with Gasteiger partial charge in [-0.25, -0.2) is 0 Å². The lowest BCUT2D eigenvalue weighted by molar-refractivity contribution is 0.156. The fourth-order valence-corrected chi connectivity index (χ4v) is 2.01. The summed E-state index contributed by atoms with van der Waals surface area (Å²) in [5, 5.41) is 0. The fraction of sp³-hybridized carbons (Fsp3) is 0.500. The van der Waals surface area contributed by atoms with E-state index in [0.29, 0.717) is 11.8 Å². The van der Waals surface area contributed by atoms with E-state index >= 15 is 0 Å². The van der Waals surface area contributed by atoms with Crippen LogP contribution in [0.2, 0.25) is 0 Å². The van der Waals surface area contributed by atoms with E-state index in [1.807, 2.05) is 18.2 Å². The number of para-hydroxylation sites is 1. The summed E-state index contributed by atoms with van der Waals surface area (Å²) in [4.78, 5) is 0. The van der Waals surface area contributed by atoms with Gasteiger partial charge in [0.1, 0.15) is 5.75 Å². The maximum Gasteiger partial charge on any atom is 0.124 e. The minimum absolute atomic E-state index is 0.125. The Balaban J connectivity index is 2.31. The van der Waals surface area contributed by atoms with Crippen LogP contribution < -0.4 is 10.5 Å². The topological polar surface area (TPSA) is 35.2 Å². The first-order valence-electron chi connectivity index (χ1n) is 5.17. The van der Waals surface area contributed by atoms with E-state index in [-0.39, 0.29) is 6.04 Å². The Labute approximate surface area is 85.1 Å². The number of hydrogen-bond acceptors (Lipinski definition) is 2. The molecule has 14 heavy (non-hydrogen) atoms. The van der Waals surface area contributed by atoms with Crippen molar-refractivity contribution < 1.29 is 4.74 Å². The van der Waals surface area contributed by atoms with E-state index < -0.39 is 0 Å². The van der Waals surface area contributed by atoms with Gasteiger partial charge in [-0.1, -0.05) is 32.0 Å². The molecule has 2 N–H and O–H groups in total. The maximum atomic E-state index is 6.21. The molecule has 0 amide bonds. The monoisotopic (exact) mass is 191 g/mol. The molecular formula is C12H17NO. The van der Waals surface area contributed by atoms with Gasteiger partial charge in [0.15, 0.2) is 0 Å². The summed E-state index contributed by atoms with van der Waals surface area (Å²) in [7, 11) is 0. The van der Waals surface area contributed by atoms with Gasteiger partial charge in [0.2, 0.25) is 0 Å². The highest BCUT2D eigenvalue weighted by Crippen LogP contribution is 2.36. The van der Waals surface area contributed by atoms with Crippen LogP contribution in [0, 0.1) is 11.8 Å². The van der Waals surface area contributed by atoms with Crippen molar-refractivity contribution >= 4 is 0 Å². The van der Waals surface area contributed by atoms with Crippen LogP contribution in [0.4, 0.5) is 0 Å². The van der Waals surface area contributed by atoms with E-state index in [0.717, 1.165) is 17.9 Å². The highest BCUT2D eigenvalue weighted by Gasteiger charge is 2.29. The van der Waals surface area contributed by atoms with Crippen LogP contribution in [0.15, 0.2) is 24.3 Å². The average molecular weight is 191 g/mol. The third-order valence-corrected chi connectivity index (χ3v) is 3.03. The van der Waals surface area contributed by atoms with Crippen LogP contribution in [0.1, 0.15) is 25.5 Å². The van der Waals surface area contributed by atoms with Crippen LogP contribution in [0.25, 0.3) is 0 Å². The second kappa shape index (κ2) is 3.62. The minimum Gasteiger partial charge on any atom is -0.493 e. The normalized spacial score (nSPS) is 25.7. The van der Waals surface area contributed by atoms with Crippen molar-refractivity contribution in [2.24, 2.45) is 17.6 Å². The Bertz CT molecular complexity index is 322. The van der Waals surface area contributed by atoms with E-state index in [2.05, 4.69) is 19.9 Å². The van der Waals surface area contributed by atoms with Crippen molar-refractivity contribution in [3.8, 4) is 5.75 Å². The quantitative estimate of drug-likeness (QED) is 0.739. The predicted octanol–water partition coefficient (Wildman–Crippen LogP) is 2.35. The molecule has 0 unspecified atom stereocenters. The Kier molecular flexibility index (Phi) is 2.46. The Hall–Kier alpha value is -1.02. The van der Waals surface area contributed by atoms with E-state index in [9.17, 15) is 0 Å². The second-order valence-corrected chi connectivity index (χ2v) is 4.28. The first-order chi connectivity index (χ1) is 6.70. The lowest BCUT2D eigenvalue weighted by atomic mass is 9.84. The van der Waals surface area contributed by atoms with Crippen molar-refractivity contribution in [3.63, 3.8) is 0 Å². The van der Waals surface area contributed by atoms with Crippen molar-refractivity contribution in [1.82, 2.24) is 0 Å². The summed E-state index contributed by atoms with van der Waals surface area (Å²) in [5.41, 5.74) is 7.36. The minimum atomic E-state index is 0.125. The molecule has 0 aliphatic carbocycles. The molecule has 1 aliphatic heterocycles. The molecule has 0 bridgehead atoms. The number of benzene rings is 1. The molecule has 1 heterocycles. The van der Waals surface area contributed by atoms with Crippen molar-refractivity contribution in [2.45, 2.75) is 19.9 Å². The highest BCUT2D eigenvalue weighted by molar-refractivity contribution is 5.37. The fourth-order valence-electron chi connectivity index (χ4n) is 2.01. The molecule has 0 saturated carbocycles. The second-order valence-electron chi connectivity index (χ2n) is 4.28. The molecule has 1 aromatic carbocycles. The molecule has 1 aliphatic rings. The van der Waals surface area contributed by atoms with Gasteiger partial charge in [-0.15, -0.1) is 0 Å². The molecule has 1 aromatic rings. The lowest BCUT2D eigenvalue weighted by Crippen LogP contribution is -2.34. The number of fused-ring (bicyclic) bond motifs is 1. The molecule has 2 atom stereocenters. The summed E-state index contributed by atoms with van der Waals surface area (Å²) in [6.45, 7) is 5.14. The largest absolute Gasteiger partial charge is 0.493 e. The Morgan fingerprint density at radius 3 is 2.79 bits per heavy atom. The summed E-state index contributed by atoms with van der Waals surface area (Å²) in [5.74, 6) is 1.96. The summed E-state index contributed by atoms with van der Waals surface area (Å²) in [6.07, 6.45) is 0. The molecule has 0 radical (unpaired) electrons. The first kappa shape index (κ1) is 9.53. The number of hydrogen-bond donors (Lipinski definition) is 1. The van der Waals surface area contributed by atoms with Crippen LogP contribution in [0.5, 0.6) is 5.75 Å². The van der Waals surface area contributed by atoms with Crippen LogP contribution in [-0.4, -0.2) is 6.61 Å². The SMILES string of the molecule is CC(C)[C@@H]1COc2ccccc2[C@H]1N. The van der Waals surface area contributed by atoms with Gasteiger partial charge in [-0.2, -0.15) is 0 Å². The maximum absolute atomic E-state index is 6.21. The summed E-state index contributed by atoms with van der Waals surface area (Å²) >= 11 is 0. The summed E-state index contributed by atoms with van der Waals surface area (Å²) in [6, 6.07) is 8.19. The van der Waals surface area contributed by atoms with Crippen molar-refractivity contribution in [2.75, 3.05) is 6.61 Å². The molecule has 0 fully saturated rings. The van der Waals surface area contributed by atoms with Gasteiger partial charge in [-0.05, 0) is 12.0 Å². The number of rotatable bonds is 1.